The average molecular weight is 475 g/mol. The smallest absolute Gasteiger partial charge is 0.246 e. The Morgan fingerprint density at radius 1 is 1.03 bits per heavy atom. The number of unbranched alkanes of at least 4 members (excludes halogenated alkanes) is 1. The lowest BCUT2D eigenvalue weighted by molar-refractivity contribution is -0.126. The van der Waals surface area contributed by atoms with E-state index >= 15 is 0 Å². The first kappa shape index (κ1) is 23.0. The summed E-state index contributed by atoms with van der Waals surface area (Å²) in [7, 11) is 0. The monoisotopic (exact) mass is 474 g/mol. The lowest BCUT2D eigenvalue weighted by Gasteiger charge is -2.35. The molecule has 0 unspecified atom stereocenters. The summed E-state index contributed by atoms with van der Waals surface area (Å²) in [5.41, 5.74) is 2.55. The highest BCUT2D eigenvalue weighted by Crippen LogP contribution is 2.39. The summed E-state index contributed by atoms with van der Waals surface area (Å²) < 4.78 is 0. The topological polar surface area (TPSA) is 49.3 Å². The van der Waals surface area contributed by atoms with Gasteiger partial charge in [-0.15, -0.1) is 11.3 Å². The number of aromatic nitrogens is 2. The molecular weight excluding hydrogens is 440 g/mol. The minimum absolute atomic E-state index is 0.0874. The van der Waals surface area contributed by atoms with E-state index in [9.17, 15) is 4.79 Å². The second kappa shape index (κ2) is 10.7. The van der Waals surface area contributed by atoms with Crippen LogP contribution in [0.4, 0.5) is 5.82 Å². The van der Waals surface area contributed by atoms with Crippen molar-refractivity contribution in [2.75, 3.05) is 31.1 Å². The van der Waals surface area contributed by atoms with Crippen LogP contribution in [0, 0.1) is 0 Å². The standard InChI is InChI=1S/C28H34N4OS/c1-2-3-14-24-29-27(26-22-12-8-5-9-13-23(22)34-28(26)30-24)32-19-17-31(18-20-32)25(33)16-15-21-10-6-4-7-11-21/h4,6-7,10-11,15-16H,2-3,5,8-9,12-14,17-20H2,1H3/b16-15+. The summed E-state index contributed by atoms with van der Waals surface area (Å²) in [6, 6.07) is 10.0. The van der Waals surface area contributed by atoms with Crippen LogP contribution < -0.4 is 4.90 Å². The van der Waals surface area contributed by atoms with E-state index in [1.165, 1.54) is 46.3 Å². The van der Waals surface area contributed by atoms with Gasteiger partial charge >= 0.3 is 0 Å². The zero-order chi connectivity index (χ0) is 23.3. The number of rotatable bonds is 6. The first-order valence-electron chi connectivity index (χ1n) is 12.8. The third-order valence-corrected chi connectivity index (χ3v) is 8.14. The van der Waals surface area contributed by atoms with Crippen LogP contribution in [0.2, 0.25) is 0 Å². The van der Waals surface area contributed by atoms with Crippen LogP contribution in [0.5, 0.6) is 0 Å². The molecule has 34 heavy (non-hydrogen) atoms. The number of fused-ring (bicyclic) bond motifs is 3. The molecule has 0 N–H and O–H groups in total. The van der Waals surface area contributed by atoms with Gasteiger partial charge in [0, 0.05) is 43.6 Å². The first-order chi connectivity index (χ1) is 16.7. The van der Waals surface area contributed by atoms with Crippen molar-refractivity contribution in [2.24, 2.45) is 0 Å². The molecule has 1 saturated heterocycles. The zero-order valence-electron chi connectivity index (χ0n) is 20.1. The molecule has 6 heteroatoms. The first-order valence-corrected chi connectivity index (χ1v) is 13.6. The molecule has 5 rings (SSSR count). The van der Waals surface area contributed by atoms with Crippen molar-refractivity contribution in [3.63, 3.8) is 0 Å². The molecule has 0 bridgehead atoms. The molecule has 0 radical (unpaired) electrons. The number of thiophene rings is 1. The average Bonchev–Trinajstić information content (AvgIpc) is 3.06. The molecule has 0 saturated carbocycles. The van der Waals surface area contributed by atoms with E-state index < -0.39 is 0 Å². The van der Waals surface area contributed by atoms with Gasteiger partial charge in [0.15, 0.2) is 0 Å². The van der Waals surface area contributed by atoms with E-state index in [1.807, 2.05) is 52.6 Å². The fourth-order valence-corrected chi connectivity index (χ4v) is 6.28. The molecule has 1 amide bonds. The minimum Gasteiger partial charge on any atom is -0.352 e. The predicted octanol–water partition coefficient (Wildman–Crippen LogP) is 5.66. The Balaban J connectivity index is 1.37. The van der Waals surface area contributed by atoms with Crippen LogP contribution in [-0.2, 0) is 24.1 Å². The molecule has 2 aliphatic rings. The highest BCUT2D eigenvalue weighted by atomic mass is 32.1. The van der Waals surface area contributed by atoms with E-state index in [0.717, 1.165) is 69.1 Å². The fourth-order valence-electron chi connectivity index (χ4n) is 5.01. The Labute approximate surface area is 206 Å². The number of aryl methyl sites for hydroxylation is 3. The lowest BCUT2D eigenvalue weighted by Crippen LogP contribution is -2.48. The number of carbonyl (C=O) groups is 1. The van der Waals surface area contributed by atoms with Crippen LogP contribution in [-0.4, -0.2) is 47.0 Å². The van der Waals surface area contributed by atoms with E-state index in [4.69, 9.17) is 9.97 Å². The molecule has 2 aromatic heterocycles. The molecule has 3 heterocycles. The zero-order valence-corrected chi connectivity index (χ0v) is 20.9. The van der Waals surface area contributed by atoms with Crippen LogP contribution >= 0.6 is 11.3 Å². The van der Waals surface area contributed by atoms with Crippen LogP contribution in [0.3, 0.4) is 0 Å². The van der Waals surface area contributed by atoms with Gasteiger partial charge in [-0.05, 0) is 49.3 Å². The summed E-state index contributed by atoms with van der Waals surface area (Å²) in [5, 5.41) is 1.30. The van der Waals surface area contributed by atoms with Crippen molar-refractivity contribution in [1.29, 1.82) is 0 Å². The Morgan fingerprint density at radius 2 is 1.82 bits per heavy atom. The molecule has 1 aliphatic heterocycles. The molecule has 5 nitrogen and oxygen atoms in total. The van der Waals surface area contributed by atoms with Crippen molar-refractivity contribution < 1.29 is 4.79 Å². The summed E-state index contributed by atoms with van der Waals surface area (Å²) >= 11 is 1.90. The number of nitrogens with zero attached hydrogens (tertiary/aromatic N) is 4. The van der Waals surface area contributed by atoms with Gasteiger partial charge in [0.05, 0.1) is 5.39 Å². The third-order valence-electron chi connectivity index (χ3n) is 6.95. The molecular formula is C28H34N4OS. The van der Waals surface area contributed by atoms with Gasteiger partial charge in [-0.1, -0.05) is 50.1 Å². The Bertz CT molecular complexity index is 1160. The van der Waals surface area contributed by atoms with Crippen LogP contribution in [0.15, 0.2) is 36.4 Å². The number of piperazine rings is 1. The van der Waals surface area contributed by atoms with Crippen LogP contribution in [0.25, 0.3) is 16.3 Å². The molecule has 1 aliphatic carbocycles. The number of hydrogen-bond acceptors (Lipinski definition) is 5. The Kier molecular flexibility index (Phi) is 7.24. The van der Waals surface area contributed by atoms with Gasteiger partial charge in [-0.2, -0.15) is 0 Å². The normalized spacial score (nSPS) is 16.7. The second-order valence-electron chi connectivity index (χ2n) is 9.37. The quantitative estimate of drug-likeness (QED) is 0.341. The van der Waals surface area contributed by atoms with E-state index in [0.29, 0.717) is 0 Å². The van der Waals surface area contributed by atoms with Crippen molar-refractivity contribution >= 4 is 39.4 Å². The number of amides is 1. The molecule has 0 atom stereocenters. The fraction of sp³-hybridized carbons (Fsp3) is 0.464. The maximum absolute atomic E-state index is 12.8. The molecule has 178 valence electrons. The van der Waals surface area contributed by atoms with Gasteiger partial charge in [0.2, 0.25) is 5.91 Å². The molecule has 3 aromatic rings. The van der Waals surface area contributed by atoms with Crippen molar-refractivity contribution in [3.8, 4) is 0 Å². The van der Waals surface area contributed by atoms with Crippen molar-refractivity contribution in [2.45, 2.75) is 58.3 Å². The maximum atomic E-state index is 12.8. The van der Waals surface area contributed by atoms with Gasteiger partial charge in [-0.25, -0.2) is 9.97 Å². The summed E-state index contributed by atoms with van der Waals surface area (Å²) in [6.07, 6.45) is 13.0. The van der Waals surface area contributed by atoms with Gasteiger partial charge < -0.3 is 9.80 Å². The summed E-state index contributed by atoms with van der Waals surface area (Å²) in [4.78, 5) is 30.0. The largest absolute Gasteiger partial charge is 0.352 e. The maximum Gasteiger partial charge on any atom is 0.246 e. The third kappa shape index (κ3) is 5.02. The minimum atomic E-state index is 0.0874. The Hall–Kier alpha value is -2.73. The number of benzene rings is 1. The SMILES string of the molecule is CCCCc1nc(N2CCN(C(=O)/C=C/c3ccccc3)CC2)c2c3c(sc2n1)CCCCC3. The highest BCUT2D eigenvalue weighted by molar-refractivity contribution is 7.19. The second-order valence-corrected chi connectivity index (χ2v) is 10.5. The molecule has 0 spiro atoms. The van der Waals surface area contributed by atoms with Crippen LogP contribution in [0.1, 0.15) is 60.9 Å². The van der Waals surface area contributed by atoms with E-state index in [-0.39, 0.29) is 5.91 Å². The summed E-state index contributed by atoms with van der Waals surface area (Å²) in [5.74, 6) is 2.18. The lowest BCUT2D eigenvalue weighted by atomic mass is 10.1. The van der Waals surface area contributed by atoms with Gasteiger partial charge in [0.1, 0.15) is 16.5 Å². The molecule has 1 fully saturated rings. The van der Waals surface area contributed by atoms with Gasteiger partial charge in [-0.3, -0.25) is 4.79 Å². The van der Waals surface area contributed by atoms with E-state index in [2.05, 4.69) is 11.8 Å². The van der Waals surface area contributed by atoms with E-state index in [1.54, 1.807) is 6.08 Å². The van der Waals surface area contributed by atoms with Crippen molar-refractivity contribution in [3.05, 3.63) is 58.2 Å². The predicted molar refractivity (Wildman–Crippen MR) is 142 cm³/mol. The number of carbonyl (C=O) groups excluding carboxylic acids is 1. The number of anilines is 1. The summed E-state index contributed by atoms with van der Waals surface area (Å²) in [6.45, 7) is 5.29. The van der Waals surface area contributed by atoms with Gasteiger partial charge in [0.25, 0.3) is 0 Å². The van der Waals surface area contributed by atoms with Crippen molar-refractivity contribution in [1.82, 2.24) is 14.9 Å². The molecule has 1 aromatic carbocycles. The highest BCUT2D eigenvalue weighted by Gasteiger charge is 2.26. The number of hydrogen-bond donors (Lipinski definition) is 0. The Morgan fingerprint density at radius 3 is 2.62 bits per heavy atom.